The smallest absolute Gasteiger partial charge is 0.336 e. The van der Waals surface area contributed by atoms with Crippen molar-refractivity contribution in [3.63, 3.8) is 0 Å². The summed E-state index contributed by atoms with van der Waals surface area (Å²) < 4.78 is 11.2. The number of rotatable bonds is 3. The second kappa shape index (κ2) is 7.37. The number of benzene rings is 1. The highest BCUT2D eigenvalue weighted by Gasteiger charge is 2.35. The third-order valence-corrected chi connectivity index (χ3v) is 6.23. The maximum atomic E-state index is 12.8. The highest BCUT2D eigenvalue weighted by Crippen LogP contribution is 2.35. The van der Waals surface area contributed by atoms with E-state index in [4.69, 9.17) is 9.15 Å². The molecule has 5 heteroatoms. The maximum Gasteiger partial charge on any atom is 0.336 e. The summed E-state index contributed by atoms with van der Waals surface area (Å²) in [5.74, 6) is 1.33. The van der Waals surface area contributed by atoms with Crippen LogP contribution in [0.15, 0.2) is 27.4 Å². The van der Waals surface area contributed by atoms with Crippen LogP contribution in [0.25, 0.3) is 11.0 Å². The van der Waals surface area contributed by atoms with Crippen molar-refractivity contribution in [1.29, 1.82) is 0 Å². The standard InChI is InChI=1S/C22H27NO4/c1-14-12-21(25)27-22-15(2)19(10-9-17(14)22)26-13-20(24)23-11-5-7-16-6-3-4-8-18(16)23/h9-10,12,16,18H,3-8,11,13H2,1-2H3/t16-,18+/m1/s1. The molecule has 2 atom stereocenters. The second-order valence-electron chi connectivity index (χ2n) is 7.94. The molecule has 1 saturated carbocycles. The Morgan fingerprint density at radius 1 is 1.19 bits per heavy atom. The molecular formula is C22H27NO4. The van der Waals surface area contributed by atoms with E-state index in [-0.39, 0.29) is 18.1 Å². The number of hydrogen-bond donors (Lipinski definition) is 0. The van der Waals surface area contributed by atoms with E-state index in [0.29, 0.717) is 23.3 Å². The molecule has 1 aromatic heterocycles. The Labute approximate surface area is 159 Å². The largest absolute Gasteiger partial charge is 0.483 e. The van der Waals surface area contributed by atoms with Gasteiger partial charge in [0.15, 0.2) is 6.61 Å². The molecule has 0 bridgehead atoms. The van der Waals surface area contributed by atoms with Crippen LogP contribution in [0.2, 0.25) is 0 Å². The molecule has 0 radical (unpaired) electrons. The minimum Gasteiger partial charge on any atom is -0.483 e. The number of carbonyl (C=O) groups is 1. The van der Waals surface area contributed by atoms with Crippen LogP contribution in [0.5, 0.6) is 5.75 Å². The molecule has 0 unspecified atom stereocenters. The van der Waals surface area contributed by atoms with Crippen LogP contribution in [0.3, 0.4) is 0 Å². The Hall–Kier alpha value is -2.30. The zero-order valence-electron chi connectivity index (χ0n) is 16.1. The molecule has 1 aliphatic heterocycles. The summed E-state index contributed by atoms with van der Waals surface area (Å²) in [6, 6.07) is 5.63. The predicted octanol–water partition coefficient (Wildman–Crippen LogP) is 3.97. The first kappa shape index (κ1) is 18.1. The van der Waals surface area contributed by atoms with E-state index >= 15 is 0 Å². The normalized spacial score (nSPS) is 22.5. The Kier molecular flexibility index (Phi) is 4.94. The number of carbonyl (C=O) groups excluding carboxylic acids is 1. The molecule has 2 heterocycles. The van der Waals surface area contributed by atoms with Crippen molar-refractivity contribution >= 4 is 16.9 Å². The van der Waals surface area contributed by atoms with Crippen molar-refractivity contribution in [2.45, 2.75) is 58.4 Å². The van der Waals surface area contributed by atoms with Gasteiger partial charge in [-0.25, -0.2) is 4.79 Å². The minimum atomic E-state index is -0.368. The van der Waals surface area contributed by atoms with Crippen LogP contribution < -0.4 is 10.4 Å². The number of nitrogens with zero attached hydrogens (tertiary/aromatic N) is 1. The first-order valence-corrected chi connectivity index (χ1v) is 10.0. The van der Waals surface area contributed by atoms with Crippen molar-refractivity contribution in [3.05, 3.63) is 39.7 Å². The minimum absolute atomic E-state index is 0.0333. The number of piperidine rings is 1. The number of hydrogen-bond acceptors (Lipinski definition) is 4. The highest BCUT2D eigenvalue weighted by atomic mass is 16.5. The van der Waals surface area contributed by atoms with Crippen LogP contribution >= 0.6 is 0 Å². The Bertz CT molecular complexity index is 914. The lowest BCUT2D eigenvalue weighted by Crippen LogP contribution is -2.51. The number of likely N-dealkylation sites (tertiary alicyclic amines) is 1. The van der Waals surface area contributed by atoms with Crippen LogP contribution in [0.1, 0.15) is 49.7 Å². The highest BCUT2D eigenvalue weighted by molar-refractivity contribution is 5.85. The molecular weight excluding hydrogens is 342 g/mol. The summed E-state index contributed by atoms with van der Waals surface area (Å²) in [5.41, 5.74) is 1.81. The van der Waals surface area contributed by atoms with Gasteiger partial charge in [-0.15, -0.1) is 0 Å². The molecule has 2 fully saturated rings. The molecule has 1 aliphatic carbocycles. The van der Waals surface area contributed by atoms with E-state index in [9.17, 15) is 9.59 Å². The third-order valence-electron chi connectivity index (χ3n) is 6.23. The van der Waals surface area contributed by atoms with E-state index in [1.54, 1.807) is 0 Å². The van der Waals surface area contributed by atoms with Crippen molar-refractivity contribution in [2.24, 2.45) is 5.92 Å². The summed E-state index contributed by atoms with van der Waals surface area (Å²) in [5, 5.41) is 0.895. The Morgan fingerprint density at radius 3 is 2.81 bits per heavy atom. The van der Waals surface area contributed by atoms with E-state index in [1.807, 2.05) is 30.9 Å². The topological polar surface area (TPSA) is 59.8 Å². The van der Waals surface area contributed by atoms with E-state index in [1.165, 1.54) is 31.7 Å². The number of amides is 1. The van der Waals surface area contributed by atoms with Gasteiger partial charge in [-0.1, -0.05) is 12.8 Å². The average molecular weight is 369 g/mol. The van der Waals surface area contributed by atoms with Crippen molar-refractivity contribution < 1.29 is 13.9 Å². The SMILES string of the molecule is Cc1cc(=O)oc2c(C)c(OCC(=O)N3CCC[C@H]4CCCC[C@@H]43)ccc12. The molecule has 144 valence electrons. The van der Waals surface area contributed by atoms with Gasteiger partial charge in [0.1, 0.15) is 11.3 Å². The summed E-state index contributed by atoms with van der Waals surface area (Å²) in [7, 11) is 0. The zero-order valence-corrected chi connectivity index (χ0v) is 16.1. The Balaban J connectivity index is 1.50. The lowest BCUT2D eigenvalue weighted by molar-refractivity contribution is -0.139. The fraction of sp³-hybridized carbons (Fsp3) is 0.545. The van der Waals surface area contributed by atoms with Gasteiger partial charge < -0.3 is 14.1 Å². The van der Waals surface area contributed by atoms with Gasteiger partial charge in [-0.05, 0) is 63.1 Å². The first-order valence-electron chi connectivity index (χ1n) is 10.0. The van der Waals surface area contributed by atoms with Crippen molar-refractivity contribution in [3.8, 4) is 5.75 Å². The molecule has 2 aliphatic rings. The number of ether oxygens (including phenoxy) is 1. The lowest BCUT2D eigenvalue weighted by atomic mass is 9.78. The molecule has 0 N–H and O–H groups in total. The molecule has 1 saturated heterocycles. The number of aryl methyl sites for hydroxylation is 2. The van der Waals surface area contributed by atoms with Gasteiger partial charge in [0.2, 0.25) is 0 Å². The van der Waals surface area contributed by atoms with Crippen molar-refractivity contribution in [2.75, 3.05) is 13.2 Å². The van der Waals surface area contributed by atoms with Crippen molar-refractivity contribution in [1.82, 2.24) is 4.90 Å². The fourth-order valence-corrected chi connectivity index (χ4v) is 4.81. The molecule has 0 spiro atoms. The summed E-state index contributed by atoms with van der Waals surface area (Å²) >= 11 is 0. The van der Waals surface area contributed by atoms with Gasteiger partial charge in [-0.2, -0.15) is 0 Å². The molecule has 2 aromatic rings. The van der Waals surface area contributed by atoms with Crippen LogP contribution in [-0.4, -0.2) is 30.0 Å². The van der Waals surface area contributed by atoms with Crippen LogP contribution in [-0.2, 0) is 4.79 Å². The summed E-state index contributed by atoms with van der Waals surface area (Å²) in [6.07, 6.45) is 7.21. The lowest BCUT2D eigenvalue weighted by Gasteiger charge is -2.44. The van der Waals surface area contributed by atoms with E-state index in [2.05, 4.69) is 0 Å². The fourth-order valence-electron chi connectivity index (χ4n) is 4.81. The quantitative estimate of drug-likeness (QED) is 0.768. The maximum absolute atomic E-state index is 12.8. The van der Waals surface area contributed by atoms with Gasteiger partial charge >= 0.3 is 5.63 Å². The molecule has 1 aromatic carbocycles. The first-order chi connectivity index (χ1) is 13.0. The van der Waals surface area contributed by atoms with Gasteiger partial charge in [0, 0.05) is 29.6 Å². The summed E-state index contributed by atoms with van der Waals surface area (Å²) in [4.78, 5) is 26.6. The van der Waals surface area contributed by atoms with E-state index < -0.39 is 0 Å². The monoisotopic (exact) mass is 369 g/mol. The summed E-state index contributed by atoms with van der Waals surface area (Å²) in [6.45, 7) is 4.63. The predicted molar refractivity (Wildman–Crippen MR) is 104 cm³/mol. The molecule has 27 heavy (non-hydrogen) atoms. The third kappa shape index (κ3) is 3.47. The van der Waals surface area contributed by atoms with Gasteiger partial charge in [0.05, 0.1) is 0 Å². The van der Waals surface area contributed by atoms with Gasteiger partial charge in [0.25, 0.3) is 5.91 Å². The number of fused-ring (bicyclic) bond motifs is 2. The second-order valence-corrected chi connectivity index (χ2v) is 7.94. The van der Waals surface area contributed by atoms with Crippen LogP contribution in [0, 0.1) is 19.8 Å². The zero-order chi connectivity index (χ0) is 19.0. The molecule has 5 nitrogen and oxygen atoms in total. The average Bonchev–Trinajstić information content (AvgIpc) is 2.67. The van der Waals surface area contributed by atoms with Gasteiger partial charge in [-0.3, -0.25) is 4.79 Å². The Morgan fingerprint density at radius 2 is 1.96 bits per heavy atom. The molecule has 4 rings (SSSR count). The molecule has 1 amide bonds. The van der Waals surface area contributed by atoms with Crippen LogP contribution in [0.4, 0.5) is 0 Å². The van der Waals surface area contributed by atoms with E-state index in [0.717, 1.165) is 35.9 Å².